The Bertz CT molecular complexity index is 464. The van der Waals surface area contributed by atoms with E-state index in [2.05, 4.69) is 24.0 Å². The molecule has 0 aliphatic rings. The molecule has 0 aliphatic heterocycles. The lowest BCUT2D eigenvalue weighted by atomic mass is 10.1. The van der Waals surface area contributed by atoms with Crippen molar-refractivity contribution in [1.82, 2.24) is 10.2 Å². The Morgan fingerprint density at radius 3 is 2.47 bits per heavy atom. The predicted octanol–water partition coefficient (Wildman–Crippen LogP) is 3.72. The van der Waals surface area contributed by atoms with Crippen molar-refractivity contribution in [3.8, 4) is 0 Å². The molecular formula is C14H21N3. The van der Waals surface area contributed by atoms with Crippen molar-refractivity contribution in [1.29, 1.82) is 0 Å². The van der Waals surface area contributed by atoms with Crippen LogP contribution in [-0.2, 0) is 0 Å². The second-order valence-corrected chi connectivity index (χ2v) is 4.17. The Morgan fingerprint density at radius 2 is 1.88 bits per heavy atom. The number of aryl methyl sites for hydroxylation is 1. The van der Waals surface area contributed by atoms with Crippen LogP contribution in [0.25, 0.3) is 10.8 Å². The Morgan fingerprint density at radius 1 is 1.18 bits per heavy atom. The first-order valence-electron chi connectivity index (χ1n) is 6.16. The lowest BCUT2D eigenvalue weighted by Gasteiger charge is -1.99. The zero-order valence-corrected chi connectivity index (χ0v) is 10.9. The molecule has 0 saturated carbocycles. The van der Waals surface area contributed by atoms with Crippen molar-refractivity contribution in [2.45, 2.75) is 40.0 Å². The summed E-state index contributed by atoms with van der Waals surface area (Å²) in [7, 11) is 0. The molecule has 0 aliphatic carbocycles. The van der Waals surface area contributed by atoms with Gasteiger partial charge < -0.3 is 5.73 Å². The molecule has 0 amide bonds. The molecule has 2 aromatic rings. The minimum absolute atomic E-state index is 0.493. The molecule has 0 spiro atoms. The van der Waals surface area contributed by atoms with E-state index < -0.39 is 0 Å². The van der Waals surface area contributed by atoms with Crippen LogP contribution >= 0.6 is 0 Å². The van der Waals surface area contributed by atoms with Gasteiger partial charge in [0, 0.05) is 10.8 Å². The summed E-state index contributed by atoms with van der Waals surface area (Å²) in [4.78, 5) is 0. The molecule has 3 nitrogen and oxygen atoms in total. The van der Waals surface area contributed by atoms with Crippen molar-refractivity contribution in [3.63, 3.8) is 0 Å². The molecule has 1 aromatic heterocycles. The zero-order valence-electron chi connectivity index (χ0n) is 10.9. The first-order chi connectivity index (χ1) is 8.19. The van der Waals surface area contributed by atoms with Gasteiger partial charge in [-0.3, -0.25) is 0 Å². The van der Waals surface area contributed by atoms with Gasteiger partial charge in [-0.1, -0.05) is 50.8 Å². The van der Waals surface area contributed by atoms with Gasteiger partial charge in [-0.05, 0) is 13.0 Å². The molecule has 0 fully saturated rings. The van der Waals surface area contributed by atoms with Gasteiger partial charge in [-0.15, -0.1) is 5.10 Å². The molecule has 2 rings (SSSR count). The van der Waals surface area contributed by atoms with Gasteiger partial charge in [0.05, 0.1) is 6.20 Å². The summed E-state index contributed by atoms with van der Waals surface area (Å²) in [5, 5.41) is 9.56. The zero-order chi connectivity index (χ0) is 12.7. The highest BCUT2D eigenvalue weighted by molar-refractivity contribution is 5.90. The number of fused-ring (bicyclic) bond motifs is 1. The molecule has 1 aromatic carbocycles. The summed E-state index contributed by atoms with van der Waals surface area (Å²) in [5.41, 5.74) is 6.84. The highest BCUT2D eigenvalue weighted by Crippen LogP contribution is 2.17. The van der Waals surface area contributed by atoms with Gasteiger partial charge in [-0.25, -0.2) is 0 Å². The number of hydrogen-bond donors (Lipinski definition) is 1. The van der Waals surface area contributed by atoms with E-state index in [1.54, 1.807) is 6.20 Å². The maximum atomic E-state index is 5.63. The Labute approximate surface area is 103 Å². The fourth-order valence-electron chi connectivity index (χ4n) is 1.58. The van der Waals surface area contributed by atoms with Gasteiger partial charge >= 0.3 is 0 Å². The van der Waals surface area contributed by atoms with Crippen LogP contribution in [0.3, 0.4) is 0 Å². The van der Waals surface area contributed by atoms with E-state index in [9.17, 15) is 0 Å². The normalized spacial score (nSPS) is 9.82. The van der Waals surface area contributed by atoms with E-state index in [0.29, 0.717) is 5.82 Å². The average molecular weight is 231 g/mol. The smallest absolute Gasteiger partial charge is 0.153 e. The molecule has 0 unspecified atom stereocenters. The highest BCUT2D eigenvalue weighted by atomic mass is 15.1. The largest absolute Gasteiger partial charge is 0.382 e. The first-order valence-corrected chi connectivity index (χ1v) is 6.16. The van der Waals surface area contributed by atoms with E-state index in [0.717, 1.165) is 10.8 Å². The number of hydrogen-bond acceptors (Lipinski definition) is 3. The molecule has 92 valence electrons. The van der Waals surface area contributed by atoms with Crippen molar-refractivity contribution in [2.75, 3.05) is 5.73 Å². The van der Waals surface area contributed by atoms with Gasteiger partial charge in [0.15, 0.2) is 5.82 Å². The van der Waals surface area contributed by atoms with E-state index in [-0.39, 0.29) is 0 Å². The Kier molecular flexibility index (Phi) is 5.40. The second-order valence-electron chi connectivity index (χ2n) is 4.17. The summed E-state index contributed by atoms with van der Waals surface area (Å²) < 4.78 is 0. The molecule has 0 atom stereocenters. The van der Waals surface area contributed by atoms with E-state index in [1.165, 1.54) is 24.8 Å². The Balaban J connectivity index is 0.000000249. The summed E-state index contributed by atoms with van der Waals surface area (Å²) >= 11 is 0. The van der Waals surface area contributed by atoms with Crippen molar-refractivity contribution >= 4 is 16.6 Å². The van der Waals surface area contributed by atoms with Crippen LogP contribution < -0.4 is 5.73 Å². The van der Waals surface area contributed by atoms with Gasteiger partial charge in [0.25, 0.3) is 0 Å². The van der Waals surface area contributed by atoms with Crippen molar-refractivity contribution < 1.29 is 0 Å². The summed E-state index contributed by atoms with van der Waals surface area (Å²) in [6.07, 6.45) is 5.80. The second kappa shape index (κ2) is 6.84. The van der Waals surface area contributed by atoms with Gasteiger partial charge in [0.1, 0.15) is 0 Å². The van der Waals surface area contributed by atoms with Crippen LogP contribution in [0.1, 0.15) is 38.7 Å². The number of nitrogen functional groups attached to an aromatic ring is 1. The van der Waals surface area contributed by atoms with Crippen LogP contribution in [0.5, 0.6) is 0 Å². The molecule has 0 radical (unpaired) electrons. The van der Waals surface area contributed by atoms with Crippen molar-refractivity contribution in [2.24, 2.45) is 0 Å². The maximum Gasteiger partial charge on any atom is 0.153 e. The van der Waals surface area contributed by atoms with Gasteiger partial charge in [-0.2, -0.15) is 5.10 Å². The fourth-order valence-corrected chi connectivity index (χ4v) is 1.58. The standard InChI is InChI=1S/C9H9N3.C5H12/c1-6-2-3-8-7(4-6)5-11-12-9(8)10;1-3-5-4-2/h2-5H,1H3,(H2,10,12);3-5H2,1-2H3. The number of unbranched alkanes of at least 4 members (excludes halogenated alkanes) is 2. The minimum atomic E-state index is 0.493. The molecule has 1 heterocycles. The fraction of sp³-hybridized carbons (Fsp3) is 0.429. The number of benzene rings is 1. The third-order valence-electron chi connectivity index (χ3n) is 2.55. The quantitative estimate of drug-likeness (QED) is 0.857. The number of aromatic nitrogens is 2. The van der Waals surface area contributed by atoms with E-state index in [4.69, 9.17) is 5.73 Å². The lowest BCUT2D eigenvalue weighted by molar-refractivity contribution is 0.772. The van der Waals surface area contributed by atoms with Crippen LogP contribution in [-0.4, -0.2) is 10.2 Å². The number of rotatable bonds is 2. The van der Waals surface area contributed by atoms with Crippen molar-refractivity contribution in [3.05, 3.63) is 30.0 Å². The van der Waals surface area contributed by atoms with Crippen LogP contribution in [0.15, 0.2) is 24.4 Å². The average Bonchev–Trinajstić information content (AvgIpc) is 2.31. The first kappa shape index (κ1) is 13.4. The third kappa shape index (κ3) is 4.02. The van der Waals surface area contributed by atoms with E-state index in [1.807, 2.05) is 25.1 Å². The minimum Gasteiger partial charge on any atom is -0.382 e. The highest BCUT2D eigenvalue weighted by Gasteiger charge is 1.97. The topological polar surface area (TPSA) is 51.8 Å². The SMILES string of the molecule is CCCCC.Cc1ccc2c(N)nncc2c1. The lowest BCUT2D eigenvalue weighted by Crippen LogP contribution is -1.93. The molecule has 0 saturated heterocycles. The van der Waals surface area contributed by atoms with Crippen LogP contribution in [0, 0.1) is 6.92 Å². The number of nitrogens with two attached hydrogens (primary N) is 1. The summed E-state index contributed by atoms with van der Waals surface area (Å²) in [6, 6.07) is 6.02. The number of nitrogens with zero attached hydrogens (tertiary/aromatic N) is 2. The molecular weight excluding hydrogens is 210 g/mol. The predicted molar refractivity (Wildman–Crippen MR) is 73.9 cm³/mol. The molecule has 3 heteroatoms. The van der Waals surface area contributed by atoms with E-state index >= 15 is 0 Å². The summed E-state index contributed by atoms with van der Waals surface area (Å²) in [6.45, 7) is 6.46. The Hall–Kier alpha value is -1.64. The maximum absolute atomic E-state index is 5.63. The summed E-state index contributed by atoms with van der Waals surface area (Å²) in [5.74, 6) is 0.493. The molecule has 17 heavy (non-hydrogen) atoms. The van der Waals surface area contributed by atoms with Crippen LogP contribution in [0.2, 0.25) is 0 Å². The third-order valence-corrected chi connectivity index (χ3v) is 2.55. The molecule has 2 N–H and O–H groups in total. The number of anilines is 1. The molecule has 0 bridgehead atoms. The monoisotopic (exact) mass is 231 g/mol. The van der Waals surface area contributed by atoms with Crippen LogP contribution in [0.4, 0.5) is 5.82 Å². The van der Waals surface area contributed by atoms with Gasteiger partial charge in [0.2, 0.25) is 0 Å².